The molecule has 0 bridgehead atoms. The lowest BCUT2D eigenvalue weighted by Crippen LogP contribution is -2.30. The Morgan fingerprint density at radius 1 is 1.24 bits per heavy atom. The Morgan fingerprint density at radius 2 is 1.82 bits per heavy atom. The molecule has 17 heavy (non-hydrogen) atoms. The van der Waals surface area contributed by atoms with Crippen LogP contribution in [0.15, 0.2) is 24.3 Å². The standard InChI is InChI=1S/C12H15NO4/c1-9(14)10-4-6-11(7-5-10)17-8-13(2)12(15)16-3/h4-7H,8H2,1-3H3. The molecule has 5 heteroatoms. The molecule has 0 atom stereocenters. The smallest absolute Gasteiger partial charge is 0.411 e. The zero-order valence-electron chi connectivity index (χ0n) is 10.1. The van der Waals surface area contributed by atoms with Crippen molar-refractivity contribution >= 4 is 11.9 Å². The number of ketones is 1. The van der Waals surface area contributed by atoms with Crippen molar-refractivity contribution in [3.63, 3.8) is 0 Å². The van der Waals surface area contributed by atoms with Gasteiger partial charge in [0.05, 0.1) is 7.11 Å². The summed E-state index contributed by atoms with van der Waals surface area (Å²) < 4.78 is 9.85. The van der Waals surface area contributed by atoms with E-state index in [9.17, 15) is 9.59 Å². The van der Waals surface area contributed by atoms with E-state index in [4.69, 9.17) is 4.74 Å². The molecule has 0 aliphatic rings. The monoisotopic (exact) mass is 237 g/mol. The maximum atomic E-state index is 11.1. The summed E-state index contributed by atoms with van der Waals surface area (Å²) in [6, 6.07) is 6.72. The number of nitrogens with zero attached hydrogens (tertiary/aromatic N) is 1. The quantitative estimate of drug-likeness (QED) is 0.593. The maximum Gasteiger partial charge on any atom is 0.411 e. The highest BCUT2D eigenvalue weighted by atomic mass is 16.6. The van der Waals surface area contributed by atoms with Crippen LogP contribution in [0.5, 0.6) is 5.75 Å². The van der Waals surface area contributed by atoms with Crippen LogP contribution in [0.4, 0.5) is 4.79 Å². The van der Waals surface area contributed by atoms with Crippen LogP contribution in [-0.2, 0) is 4.74 Å². The first-order valence-electron chi connectivity index (χ1n) is 5.07. The van der Waals surface area contributed by atoms with Crippen LogP contribution in [-0.4, -0.2) is 37.7 Å². The molecule has 1 aromatic rings. The highest BCUT2D eigenvalue weighted by Gasteiger charge is 2.08. The van der Waals surface area contributed by atoms with Crippen LogP contribution in [0.3, 0.4) is 0 Å². The van der Waals surface area contributed by atoms with E-state index in [2.05, 4.69) is 4.74 Å². The highest BCUT2D eigenvalue weighted by molar-refractivity contribution is 5.94. The topological polar surface area (TPSA) is 55.8 Å². The lowest BCUT2D eigenvalue weighted by atomic mass is 10.1. The molecule has 1 amide bonds. The van der Waals surface area contributed by atoms with Crippen molar-refractivity contribution in [2.45, 2.75) is 6.92 Å². The molecular weight excluding hydrogens is 222 g/mol. The van der Waals surface area contributed by atoms with Gasteiger partial charge in [0.25, 0.3) is 0 Å². The number of benzene rings is 1. The predicted octanol–water partition coefficient (Wildman–Crippen LogP) is 1.92. The molecule has 0 spiro atoms. The first-order chi connectivity index (χ1) is 8.04. The SMILES string of the molecule is COC(=O)N(C)COc1ccc(C(C)=O)cc1. The van der Waals surface area contributed by atoms with Gasteiger partial charge in [-0.25, -0.2) is 4.79 Å². The minimum absolute atomic E-state index is 0.00299. The molecule has 0 saturated heterocycles. The lowest BCUT2D eigenvalue weighted by molar-refractivity contribution is 0.0982. The Kier molecular flexibility index (Phi) is 4.51. The Labute approximate surface area is 99.9 Å². The van der Waals surface area contributed by atoms with Crippen LogP contribution >= 0.6 is 0 Å². The van der Waals surface area contributed by atoms with Gasteiger partial charge in [-0.1, -0.05) is 0 Å². The molecular formula is C12H15NO4. The molecule has 0 aliphatic heterocycles. The van der Waals surface area contributed by atoms with Crippen molar-refractivity contribution in [3.8, 4) is 5.75 Å². The van der Waals surface area contributed by atoms with Gasteiger partial charge in [0.15, 0.2) is 12.5 Å². The Morgan fingerprint density at radius 3 is 2.29 bits per heavy atom. The zero-order valence-corrected chi connectivity index (χ0v) is 10.1. The molecule has 0 N–H and O–H groups in total. The average molecular weight is 237 g/mol. The summed E-state index contributed by atoms with van der Waals surface area (Å²) in [6.07, 6.45) is -0.467. The lowest BCUT2D eigenvalue weighted by Gasteiger charge is -2.16. The van der Waals surface area contributed by atoms with E-state index in [0.717, 1.165) is 0 Å². The molecule has 1 aromatic carbocycles. The summed E-state index contributed by atoms with van der Waals surface area (Å²) in [6.45, 7) is 1.59. The summed E-state index contributed by atoms with van der Waals surface area (Å²) in [5, 5.41) is 0. The number of carbonyl (C=O) groups is 2. The van der Waals surface area contributed by atoms with Crippen LogP contribution in [0.2, 0.25) is 0 Å². The third kappa shape index (κ3) is 3.79. The van der Waals surface area contributed by atoms with E-state index < -0.39 is 6.09 Å². The van der Waals surface area contributed by atoms with Crippen molar-refractivity contribution in [2.75, 3.05) is 20.9 Å². The predicted molar refractivity (Wildman–Crippen MR) is 62.1 cm³/mol. The molecule has 0 aliphatic carbocycles. The Bertz CT molecular complexity index is 399. The van der Waals surface area contributed by atoms with Crippen LogP contribution in [0.25, 0.3) is 0 Å². The number of methoxy groups -OCH3 is 1. The van der Waals surface area contributed by atoms with Gasteiger partial charge in [0, 0.05) is 12.6 Å². The summed E-state index contributed by atoms with van der Waals surface area (Å²) in [5.74, 6) is 0.592. The van der Waals surface area contributed by atoms with Crippen LogP contribution in [0, 0.1) is 0 Å². The molecule has 0 aromatic heterocycles. The molecule has 5 nitrogen and oxygen atoms in total. The number of carbonyl (C=O) groups excluding carboxylic acids is 2. The van der Waals surface area contributed by atoms with E-state index in [1.54, 1.807) is 31.3 Å². The second-order valence-electron chi connectivity index (χ2n) is 3.52. The van der Waals surface area contributed by atoms with Crippen molar-refractivity contribution in [1.29, 1.82) is 0 Å². The van der Waals surface area contributed by atoms with Crippen molar-refractivity contribution in [1.82, 2.24) is 4.90 Å². The summed E-state index contributed by atoms with van der Waals surface area (Å²) in [7, 11) is 2.87. The molecule has 0 heterocycles. The third-order valence-corrected chi connectivity index (χ3v) is 2.17. The summed E-state index contributed by atoms with van der Waals surface area (Å²) >= 11 is 0. The van der Waals surface area contributed by atoms with E-state index in [1.807, 2.05) is 0 Å². The first kappa shape index (κ1) is 13.0. The minimum Gasteiger partial charge on any atom is -0.473 e. The van der Waals surface area contributed by atoms with Gasteiger partial charge < -0.3 is 9.47 Å². The second kappa shape index (κ2) is 5.89. The second-order valence-corrected chi connectivity index (χ2v) is 3.52. The van der Waals surface area contributed by atoms with Gasteiger partial charge in [-0.05, 0) is 31.2 Å². The van der Waals surface area contributed by atoms with Gasteiger partial charge in [0.1, 0.15) is 5.75 Å². The van der Waals surface area contributed by atoms with E-state index in [1.165, 1.54) is 18.9 Å². The van der Waals surface area contributed by atoms with E-state index in [0.29, 0.717) is 11.3 Å². The molecule has 0 radical (unpaired) electrons. The first-order valence-corrected chi connectivity index (χ1v) is 5.07. The number of Topliss-reactive ketones (excluding diaryl/α,β-unsaturated/α-hetero) is 1. The number of ether oxygens (including phenoxy) is 2. The maximum absolute atomic E-state index is 11.1. The van der Waals surface area contributed by atoms with Gasteiger partial charge in [-0.15, -0.1) is 0 Å². The third-order valence-electron chi connectivity index (χ3n) is 2.17. The molecule has 1 rings (SSSR count). The van der Waals surface area contributed by atoms with Gasteiger partial charge in [-0.3, -0.25) is 9.69 Å². The molecule has 0 saturated carbocycles. The van der Waals surface area contributed by atoms with Gasteiger partial charge in [-0.2, -0.15) is 0 Å². The average Bonchev–Trinajstić information content (AvgIpc) is 2.35. The van der Waals surface area contributed by atoms with Crippen LogP contribution < -0.4 is 4.74 Å². The van der Waals surface area contributed by atoms with E-state index >= 15 is 0 Å². The largest absolute Gasteiger partial charge is 0.473 e. The number of hydrogen-bond donors (Lipinski definition) is 0. The fourth-order valence-corrected chi connectivity index (χ4v) is 1.17. The van der Waals surface area contributed by atoms with Gasteiger partial charge in [0.2, 0.25) is 0 Å². The van der Waals surface area contributed by atoms with Crippen molar-refractivity contribution in [2.24, 2.45) is 0 Å². The number of rotatable bonds is 4. The molecule has 0 unspecified atom stereocenters. The van der Waals surface area contributed by atoms with Gasteiger partial charge >= 0.3 is 6.09 Å². The summed E-state index contributed by atoms with van der Waals surface area (Å²) in [4.78, 5) is 23.4. The summed E-state index contributed by atoms with van der Waals surface area (Å²) in [5.41, 5.74) is 0.624. The number of hydrogen-bond acceptors (Lipinski definition) is 4. The zero-order chi connectivity index (χ0) is 12.8. The highest BCUT2D eigenvalue weighted by Crippen LogP contribution is 2.12. The number of amides is 1. The van der Waals surface area contributed by atoms with Crippen molar-refractivity contribution < 1.29 is 19.1 Å². The Balaban J connectivity index is 2.53. The minimum atomic E-state index is -0.467. The van der Waals surface area contributed by atoms with Crippen LogP contribution in [0.1, 0.15) is 17.3 Å². The van der Waals surface area contributed by atoms with E-state index in [-0.39, 0.29) is 12.5 Å². The van der Waals surface area contributed by atoms with Crippen molar-refractivity contribution in [3.05, 3.63) is 29.8 Å². The Hall–Kier alpha value is -2.04. The molecule has 0 fully saturated rings. The normalized spacial score (nSPS) is 9.59. The fourth-order valence-electron chi connectivity index (χ4n) is 1.17. The fraction of sp³-hybridized carbons (Fsp3) is 0.333. The molecule has 92 valence electrons.